The van der Waals surface area contributed by atoms with Gasteiger partial charge in [-0.3, -0.25) is 4.99 Å². The van der Waals surface area contributed by atoms with E-state index in [1.54, 1.807) is 35.9 Å². The van der Waals surface area contributed by atoms with Gasteiger partial charge in [-0.25, -0.2) is 9.97 Å². The number of fused-ring (bicyclic) bond motifs is 2. The van der Waals surface area contributed by atoms with Gasteiger partial charge in [-0.1, -0.05) is 11.8 Å². The van der Waals surface area contributed by atoms with Crippen LogP contribution >= 0.6 is 36.2 Å². The number of ether oxygens (including phenoxy) is 1. The quantitative estimate of drug-likeness (QED) is 0.602. The average Bonchev–Trinajstić information content (AvgIpc) is 3.06. The number of aliphatic imine (C=N–C) groups is 1. The van der Waals surface area contributed by atoms with E-state index in [-0.39, 0.29) is 10.7 Å². The number of thiol groups is 1. The molecule has 24 heavy (non-hydrogen) atoms. The minimum atomic E-state index is -0.530. The highest BCUT2D eigenvalue weighted by molar-refractivity contribution is 8.26. The van der Waals surface area contributed by atoms with Crippen molar-refractivity contribution >= 4 is 47.9 Å². The van der Waals surface area contributed by atoms with E-state index < -0.39 is 4.87 Å². The summed E-state index contributed by atoms with van der Waals surface area (Å²) in [6.45, 7) is 1.92. The Balaban J connectivity index is 1.67. The average molecular weight is 372 g/mol. The standard InChI is InChI=1S/C16H12N4OS3/c1-16(22)3-2-12-11(7-20-16)13-14(21-12)24-15(23-13)10(4-17)9-5-18-8-19-6-9/h2-3,5-8,13-14,22H,1H3/b15-10-. The van der Waals surface area contributed by atoms with E-state index in [1.165, 1.54) is 6.33 Å². The first-order chi connectivity index (χ1) is 11.6. The molecule has 3 aliphatic heterocycles. The molecule has 0 bridgehead atoms. The molecule has 0 radical (unpaired) electrons. The van der Waals surface area contributed by atoms with Gasteiger partial charge in [0, 0.05) is 29.7 Å². The summed E-state index contributed by atoms with van der Waals surface area (Å²) in [5, 5.41) is 9.67. The smallest absolute Gasteiger partial charge is 0.165 e. The van der Waals surface area contributed by atoms with E-state index in [0.29, 0.717) is 5.57 Å². The van der Waals surface area contributed by atoms with Crippen LogP contribution in [0.4, 0.5) is 0 Å². The Labute approximate surface area is 153 Å². The summed E-state index contributed by atoms with van der Waals surface area (Å²) in [7, 11) is 0. The lowest BCUT2D eigenvalue weighted by Crippen LogP contribution is -2.14. The maximum atomic E-state index is 9.56. The highest BCUT2D eigenvalue weighted by Crippen LogP contribution is 2.56. The van der Waals surface area contributed by atoms with E-state index in [2.05, 4.69) is 33.7 Å². The van der Waals surface area contributed by atoms with Gasteiger partial charge < -0.3 is 4.74 Å². The summed E-state index contributed by atoms with van der Waals surface area (Å²) in [5.74, 6) is 0.840. The van der Waals surface area contributed by atoms with Gasteiger partial charge >= 0.3 is 0 Å². The van der Waals surface area contributed by atoms with Crippen molar-refractivity contribution < 1.29 is 4.74 Å². The summed E-state index contributed by atoms with van der Waals surface area (Å²) in [6.07, 6.45) is 10.5. The lowest BCUT2D eigenvalue weighted by atomic mass is 10.2. The molecule has 0 aliphatic carbocycles. The lowest BCUT2D eigenvalue weighted by Gasteiger charge is -2.13. The van der Waals surface area contributed by atoms with E-state index in [1.807, 2.05) is 25.3 Å². The van der Waals surface area contributed by atoms with Gasteiger partial charge in [-0.15, -0.1) is 24.4 Å². The molecule has 4 rings (SSSR count). The topological polar surface area (TPSA) is 71.2 Å². The molecular formula is C16H12N4OS3. The number of aromatic nitrogens is 2. The van der Waals surface area contributed by atoms with Gasteiger partial charge in [0.25, 0.3) is 0 Å². The van der Waals surface area contributed by atoms with Crippen molar-refractivity contribution in [2.45, 2.75) is 22.5 Å². The molecule has 3 atom stereocenters. The Hall–Kier alpha value is -1.69. The molecule has 5 nitrogen and oxygen atoms in total. The van der Waals surface area contributed by atoms with Crippen LogP contribution in [0.2, 0.25) is 0 Å². The largest absolute Gasteiger partial charge is 0.477 e. The molecule has 1 fully saturated rings. The zero-order chi connectivity index (χ0) is 16.7. The SMILES string of the molecule is CC1(S)C=CC2=C(C=N1)C1S/C(=C(\C#N)c3cncnc3)SC1O2. The number of hydrogen-bond acceptors (Lipinski definition) is 8. The number of allylic oxidation sites excluding steroid dienone is 2. The van der Waals surface area contributed by atoms with Crippen LogP contribution in [0.1, 0.15) is 12.5 Å². The van der Waals surface area contributed by atoms with Crippen LogP contribution in [0.25, 0.3) is 5.57 Å². The fourth-order valence-corrected chi connectivity index (χ4v) is 5.70. The Morgan fingerprint density at radius 2 is 2.17 bits per heavy atom. The molecule has 0 N–H and O–H groups in total. The highest BCUT2D eigenvalue weighted by atomic mass is 32.2. The molecular weight excluding hydrogens is 360 g/mol. The minimum Gasteiger partial charge on any atom is -0.477 e. The van der Waals surface area contributed by atoms with Crippen LogP contribution in [-0.2, 0) is 4.74 Å². The summed E-state index contributed by atoms with van der Waals surface area (Å²) in [4.78, 5) is 12.0. The van der Waals surface area contributed by atoms with E-state index in [0.717, 1.165) is 21.1 Å². The van der Waals surface area contributed by atoms with Crippen molar-refractivity contribution in [3.63, 3.8) is 0 Å². The maximum Gasteiger partial charge on any atom is 0.165 e. The predicted octanol–water partition coefficient (Wildman–Crippen LogP) is 3.41. The molecule has 0 amide bonds. The molecule has 0 saturated carbocycles. The molecule has 1 aromatic heterocycles. The number of thioether (sulfide) groups is 2. The first kappa shape index (κ1) is 15.8. The Morgan fingerprint density at radius 1 is 1.38 bits per heavy atom. The van der Waals surface area contributed by atoms with Crippen molar-refractivity contribution in [3.8, 4) is 6.07 Å². The maximum absolute atomic E-state index is 9.56. The normalized spacial score (nSPS) is 32.7. The van der Waals surface area contributed by atoms with Gasteiger partial charge in [0.15, 0.2) is 5.44 Å². The monoisotopic (exact) mass is 372 g/mol. The van der Waals surface area contributed by atoms with Crippen LogP contribution in [0.5, 0.6) is 0 Å². The van der Waals surface area contributed by atoms with Crippen LogP contribution in [0, 0.1) is 11.3 Å². The second-order valence-corrected chi connectivity index (χ2v) is 8.97. The van der Waals surface area contributed by atoms with Crippen LogP contribution in [0.3, 0.4) is 0 Å². The molecule has 3 unspecified atom stereocenters. The Morgan fingerprint density at radius 3 is 2.92 bits per heavy atom. The number of rotatable bonds is 1. The van der Waals surface area contributed by atoms with E-state index >= 15 is 0 Å². The van der Waals surface area contributed by atoms with Gasteiger partial charge in [-0.2, -0.15) is 5.26 Å². The third-order valence-electron chi connectivity index (χ3n) is 3.72. The van der Waals surface area contributed by atoms with E-state index in [9.17, 15) is 5.26 Å². The van der Waals surface area contributed by atoms with Crippen molar-refractivity contribution in [3.05, 3.63) is 52.0 Å². The van der Waals surface area contributed by atoms with Crippen LogP contribution in [0.15, 0.2) is 51.4 Å². The summed E-state index contributed by atoms with van der Waals surface area (Å²) >= 11 is 7.70. The van der Waals surface area contributed by atoms with Crippen LogP contribution < -0.4 is 0 Å². The Bertz CT molecular complexity index is 852. The lowest BCUT2D eigenvalue weighted by molar-refractivity contribution is 0.232. The Kier molecular flexibility index (Phi) is 3.95. The number of nitrogens with zero attached hydrogens (tertiary/aromatic N) is 4. The van der Waals surface area contributed by atoms with Gasteiger partial charge in [0.2, 0.25) is 0 Å². The van der Waals surface area contributed by atoms with Gasteiger partial charge in [0.05, 0.1) is 15.1 Å². The van der Waals surface area contributed by atoms with E-state index in [4.69, 9.17) is 4.74 Å². The van der Waals surface area contributed by atoms with Crippen molar-refractivity contribution in [2.75, 3.05) is 0 Å². The molecule has 1 aromatic rings. The molecule has 120 valence electrons. The predicted molar refractivity (Wildman–Crippen MR) is 100 cm³/mol. The third kappa shape index (κ3) is 2.77. The van der Waals surface area contributed by atoms with Crippen molar-refractivity contribution in [1.82, 2.24) is 9.97 Å². The van der Waals surface area contributed by atoms with Crippen molar-refractivity contribution in [2.24, 2.45) is 4.99 Å². The zero-order valence-electron chi connectivity index (χ0n) is 12.6. The minimum absolute atomic E-state index is 0.0524. The first-order valence-electron chi connectivity index (χ1n) is 7.18. The number of hydrogen-bond donors (Lipinski definition) is 1. The molecule has 8 heteroatoms. The van der Waals surface area contributed by atoms with Crippen LogP contribution in [-0.4, -0.2) is 31.7 Å². The number of nitriles is 1. The molecule has 0 spiro atoms. The summed E-state index contributed by atoms with van der Waals surface area (Å²) in [6, 6.07) is 2.27. The fourth-order valence-electron chi connectivity index (χ4n) is 2.52. The van der Waals surface area contributed by atoms with Crippen molar-refractivity contribution in [1.29, 1.82) is 5.26 Å². The second-order valence-electron chi connectivity index (χ2n) is 5.55. The highest BCUT2D eigenvalue weighted by Gasteiger charge is 2.44. The summed E-state index contributed by atoms with van der Waals surface area (Å²) in [5.41, 5.74) is 2.30. The third-order valence-corrected chi connectivity index (χ3v) is 6.93. The zero-order valence-corrected chi connectivity index (χ0v) is 15.1. The fraction of sp³-hybridized carbons (Fsp3) is 0.250. The summed E-state index contributed by atoms with van der Waals surface area (Å²) < 4.78 is 6.99. The van der Waals surface area contributed by atoms with Gasteiger partial charge in [-0.05, 0) is 19.1 Å². The van der Waals surface area contributed by atoms with Gasteiger partial charge in [0.1, 0.15) is 23.0 Å². The second kappa shape index (κ2) is 5.99. The molecule has 4 heterocycles. The molecule has 3 aliphatic rings. The molecule has 1 saturated heterocycles. The molecule has 0 aromatic carbocycles. The first-order valence-corrected chi connectivity index (χ1v) is 9.39.